The van der Waals surface area contributed by atoms with Crippen LogP contribution in [-0.4, -0.2) is 5.50 Å². The van der Waals surface area contributed by atoms with Crippen LogP contribution in [0.2, 0.25) is 0 Å². The second-order valence-electron chi connectivity index (χ2n) is 3.16. The molecule has 0 aromatic heterocycles. The number of thioether (sulfide) groups is 1. The first kappa shape index (κ1) is 11.1. The highest BCUT2D eigenvalue weighted by Gasteiger charge is 2.34. The van der Waals surface area contributed by atoms with Crippen LogP contribution < -0.4 is 10.6 Å². The van der Waals surface area contributed by atoms with Gasteiger partial charge in [0.05, 0.1) is 11.3 Å². The van der Waals surface area contributed by atoms with Gasteiger partial charge >= 0.3 is 6.18 Å². The smallest absolute Gasteiger partial charge is 0.301 e. The number of benzene rings is 1. The number of nitriles is 1. The number of nitrogens with two attached hydrogens (primary N) is 1. The fourth-order valence-corrected chi connectivity index (χ4v) is 2.42. The molecule has 1 aliphatic heterocycles. The van der Waals surface area contributed by atoms with Crippen LogP contribution in [0, 0.1) is 11.5 Å². The maximum atomic E-state index is 12.4. The topological polar surface area (TPSA) is 53.0 Å². The maximum absolute atomic E-state index is 12.4. The second kappa shape index (κ2) is 3.57. The van der Waals surface area contributed by atoms with Crippen LogP contribution in [-0.2, 0) is 6.18 Å². The first-order chi connectivity index (χ1) is 7.43. The third-order valence-electron chi connectivity index (χ3n) is 2.16. The molecular formula is C9H6F3N3S. The predicted molar refractivity (Wildman–Crippen MR) is 53.4 cm³/mol. The van der Waals surface area contributed by atoms with Crippen molar-refractivity contribution in [2.24, 2.45) is 5.73 Å². The summed E-state index contributed by atoms with van der Waals surface area (Å²) in [5.74, 6) is 0. The van der Waals surface area contributed by atoms with Crippen LogP contribution in [0.15, 0.2) is 23.1 Å². The van der Waals surface area contributed by atoms with E-state index in [-0.39, 0.29) is 0 Å². The third kappa shape index (κ3) is 1.70. The van der Waals surface area contributed by atoms with Crippen molar-refractivity contribution in [1.82, 2.24) is 0 Å². The monoisotopic (exact) mass is 245 g/mol. The van der Waals surface area contributed by atoms with Crippen LogP contribution in [0.25, 0.3) is 0 Å². The van der Waals surface area contributed by atoms with Gasteiger partial charge in [-0.3, -0.25) is 4.90 Å². The van der Waals surface area contributed by atoms with Gasteiger partial charge in [-0.05, 0) is 18.2 Å². The first-order valence-electron chi connectivity index (χ1n) is 4.26. The zero-order valence-electron chi connectivity index (χ0n) is 7.82. The molecule has 84 valence electrons. The summed E-state index contributed by atoms with van der Waals surface area (Å²) in [5, 5.41) is 8.77. The third-order valence-corrected chi connectivity index (χ3v) is 3.19. The fraction of sp³-hybridized carbons (Fsp3) is 0.222. The van der Waals surface area contributed by atoms with Crippen molar-refractivity contribution in [2.45, 2.75) is 16.6 Å². The maximum Gasteiger partial charge on any atom is 0.416 e. The molecule has 1 atom stereocenters. The fourth-order valence-electron chi connectivity index (χ4n) is 1.41. The Labute approximate surface area is 93.6 Å². The van der Waals surface area contributed by atoms with Crippen molar-refractivity contribution in [2.75, 3.05) is 4.90 Å². The summed E-state index contributed by atoms with van der Waals surface area (Å²) < 4.78 is 37.2. The van der Waals surface area contributed by atoms with E-state index in [0.717, 1.165) is 23.9 Å². The van der Waals surface area contributed by atoms with Crippen molar-refractivity contribution in [3.8, 4) is 6.19 Å². The van der Waals surface area contributed by atoms with Crippen molar-refractivity contribution in [3.05, 3.63) is 23.8 Å². The summed E-state index contributed by atoms with van der Waals surface area (Å²) in [5.41, 5.74) is 4.63. The van der Waals surface area contributed by atoms with E-state index >= 15 is 0 Å². The summed E-state index contributed by atoms with van der Waals surface area (Å²) in [7, 11) is 0. The minimum Gasteiger partial charge on any atom is -0.301 e. The lowest BCUT2D eigenvalue weighted by Gasteiger charge is -2.12. The van der Waals surface area contributed by atoms with Gasteiger partial charge in [-0.1, -0.05) is 11.8 Å². The average molecular weight is 245 g/mol. The van der Waals surface area contributed by atoms with Crippen molar-refractivity contribution in [1.29, 1.82) is 5.26 Å². The molecule has 1 heterocycles. The number of anilines is 1. The molecule has 3 nitrogen and oxygen atoms in total. The molecule has 0 fully saturated rings. The van der Waals surface area contributed by atoms with Gasteiger partial charge in [-0.2, -0.15) is 18.4 Å². The summed E-state index contributed by atoms with van der Waals surface area (Å²) in [6.45, 7) is 0. The molecule has 0 saturated carbocycles. The number of rotatable bonds is 0. The first-order valence-corrected chi connectivity index (χ1v) is 5.14. The molecule has 0 amide bonds. The number of alkyl halides is 3. The number of halogens is 3. The quantitative estimate of drug-likeness (QED) is 0.713. The SMILES string of the molecule is N#CN1c2ccc(C(F)(F)F)cc2SC1N. The van der Waals surface area contributed by atoms with Gasteiger partial charge in [0, 0.05) is 4.90 Å². The van der Waals surface area contributed by atoms with Crippen molar-refractivity contribution < 1.29 is 13.2 Å². The van der Waals surface area contributed by atoms with E-state index < -0.39 is 17.2 Å². The standard InChI is InChI=1S/C9H6F3N3S/c10-9(11,12)5-1-2-6-7(3-5)16-8(14)15(6)4-13/h1-3,8H,14H2. The minimum absolute atomic E-state index is 0.379. The summed E-state index contributed by atoms with van der Waals surface area (Å²) in [6.07, 6.45) is -2.54. The Morgan fingerprint density at radius 2 is 2.12 bits per heavy atom. The normalized spacial score (nSPS) is 19.4. The van der Waals surface area contributed by atoms with Crippen molar-refractivity contribution in [3.63, 3.8) is 0 Å². The van der Waals surface area contributed by atoms with Gasteiger partial charge in [-0.25, -0.2) is 0 Å². The Morgan fingerprint density at radius 3 is 2.69 bits per heavy atom. The Kier molecular flexibility index (Phi) is 2.48. The minimum atomic E-state index is -4.38. The number of hydrogen-bond acceptors (Lipinski definition) is 4. The Balaban J connectivity index is 2.45. The number of fused-ring (bicyclic) bond motifs is 1. The lowest BCUT2D eigenvalue weighted by molar-refractivity contribution is -0.137. The van der Waals surface area contributed by atoms with Gasteiger partial charge in [-0.15, -0.1) is 0 Å². The zero-order valence-corrected chi connectivity index (χ0v) is 8.64. The van der Waals surface area contributed by atoms with Crippen LogP contribution in [0.3, 0.4) is 0 Å². The van der Waals surface area contributed by atoms with E-state index in [2.05, 4.69) is 0 Å². The van der Waals surface area contributed by atoms with Crippen LogP contribution in [0.4, 0.5) is 18.9 Å². The molecule has 0 aliphatic carbocycles. The van der Waals surface area contributed by atoms with E-state index in [1.807, 2.05) is 6.19 Å². The molecule has 0 spiro atoms. The van der Waals surface area contributed by atoms with E-state index in [9.17, 15) is 13.2 Å². The summed E-state index contributed by atoms with van der Waals surface area (Å²) in [6, 6.07) is 3.22. The van der Waals surface area contributed by atoms with Gasteiger partial charge in [0.15, 0.2) is 6.19 Å². The van der Waals surface area contributed by atoms with E-state index in [0.29, 0.717) is 10.6 Å². The highest BCUT2D eigenvalue weighted by Crippen LogP contribution is 2.43. The van der Waals surface area contributed by atoms with Gasteiger partial charge in [0.25, 0.3) is 0 Å². The van der Waals surface area contributed by atoms with Crippen LogP contribution in [0.1, 0.15) is 5.56 Å². The van der Waals surface area contributed by atoms with Crippen LogP contribution >= 0.6 is 11.8 Å². The van der Waals surface area contributed by atoms with E-state index in [1.54, 1.807) is 0 Å². The molecule has 2 N–H and O–H groups in total. The number of hydrogen-bond donors (Lipinski definition) is 1. The summed E-state index contributed by atoms with van der Waals surface area (Å²) in [4.78, 5) is 1.56. The molecular weight excluding hydrogens is 239 g/mol. The Hall–Kier alpha value is -1.39. The molecule has 7 heteroatoms. The molecule has 1 aromatic rings. The highest BCUT2D eigenvalue weighted by atomic mass is 32.2. The van der Waals surface area contributed by atoms with Gasteiger partial charge in [0.1, 0.15) is 5.50 Å². The van der Waals surface area contributed by atoms with Crippen molar-refractivity contribution >= 4 is 17.4 Å². The zero-order chi connectivity index (χ0) is 11.9. The summed E-state index contributed by atoms with van der Waals surface area (Å²) >= 11 is 1.04. The Bertz CT molecular complexity index is 466. The molecule has 1 unspecified atom stereocenters. The molecule has 1 aliphatic rings. The average Bonchev–Trinajstić information content (AvgIpc) is 2.50. The lowest BCUT2D eigenvalue weighted by Crippen LogP contribution is -2.31. The molecule has 0 saturated heterocycles. The Morgan fingerprint density at radius 1 is 1.44 bits per heavy atom. The molecule has 1 aromatic carbocycles. The van der Waals surface area contributed by atoms with Gasteiger partial charge < -0.3 is 5.73 Å². The second-order valence-corrected chi connectivity index (χ2v) is 4.32. The predicted octanol–water partition coefficient (Wildman–Crippen LogP) is 2.34. The lowest BCUT2D eigenvalue weighted by atomic mass is 10.2. The highest BCUT2D eigenvalue weighted by molar-refractivity contribution is 8.00. The largest absolute Gasteiger partial charge is 0.416 e. The number of nitrogens with zero attached hydrogens (tertiary/aromatic N) is 2. The van der Waals surface area contributed by atoms with Gasteiger partial charge in [0.2, 0.25) is 0 Å². The molecule has 0 radical (unpaired) electrons. The molecule has 2 rings (SSSR count). The van der Waals surface area contributed by atoms with E-state index in [1.165, 1.54) is 11.0 Å². The van der Waals surface area contributed by atoms with Crippen LogP contribution in [0.5, 0.6) is 0 Å². The molecule has 16 heavy (non-hydrogen) atoms. The molecule has 0 bridgehead atoms. The van der Waals surface area contributed by atoms with E-state index in [4.69, 9.17) is 11.0 Å².